The predicted molar refractivity (Wildman–Crippen MR) is 117 cm³/mol. The molecule has 2 aromatic rings. The Balaban J connectivity index is 1.58. The van der Waals surface area contributed by atoms with Crippen LogP contribution in [0.5, 0.6) is 0 Å². The summed E-state index contributed by atoms with van der Waals surface area (Å²) in [5.74, 6) is -2.27. The number of rotatable bonds is 1. The number of nitrogens with zero attached hydrogens (tertiary/aromatic N) is 2. The molecule has 0 radical (unpaired) electrons. The van der Waals surface area contributed by atoms with Crippen molar-refractivity contribution >= 4 is 52.3 Å². The molecule has 4 aliphatic rings. The molecule has 1 spiro atoms. The molecule has 8 heteroatoms. The van der Waals surface area contributed by atoms with Crippen LogP contribution in [0.25, 0.3) is 0 Å². The van der Waals surface area contributed by atoms with Crippen LogP contribution in [0.4, 0.5) is 11.4 Å². The molecule has 0 saturated carbocycles. The average molecular weight is 456 g/mol. The number of carbonyl (C=O) groups excluding carboxylic acids is 3. The van der Waals surface area contributed by atoms with Gasteiger partial charge >= 0.3 is 0 Å². The van der Waals surface area contributed by atoms with Crippen molar-refractivity contribution in [3.05, 3.63) is 57.6 Å². The van der Waals surface area contributed by atoms with Gasteiger partial charge in [0.05, 0.1) is 28.2 Å². The molecule has 3 saturated heterocycles. The first-order valence-electron chi connectivity index (χ1n) is 10.4. The number of carbonyl (C=O) groups is 3. The highest BCUT2D eigenvalue weighted by molar-refractivity contribution is 6.35. The lowest BCUT2D eigenvalue weighted by molar-refractivity contribution is -0.135. The molecule has 6 nitrogen and oxygen atoms in total. The molecule has 158 valence electrons. The Hall–Kier alpha value is -2.41. The lowest BCUT2D eigenvalue weighted by Gasteiger charge is -2.36. The molecular formula is C23H19Cl2N3O3. The maximum Gasteiger partial charge on any atom is 0.250 e. The number of halogens is 2. The molecule has 2 aromatic carbocycles. The summed E-state index contributed by atoms with van der Waals surface area (Å²) >= 11 is 12.6. The molecule has 6 rings (SSSR count). The Morgan fingerprint density at radius 1 is 1.10 bits per heavy atom. The summed E-state index contributed by atoms with van der Waals surface area (Å²) < 4.78 is 0. The average Bonchev–Trinajstić information content (AvgIpc) is 3.41. The topological polar surface area (TPSA) is 69.7 Å². The van der Waals surface area contributed by atoms with Crippen LogP contribution in [-0.4, -0.2) is 35.2 Å². The SMILES string of the molecule is Cc1cc(Cl)c2c(c1)C1(C(=O)N2)C2C(=O)N(c3cccc(Cl)c3)C(=O)C2C2CCCN21. The van der Waals surface area contributed by atoms with Gasteiger partial charge in [-0.2, -0.15) is 0 Å². The van der Waals surface area contributed by atoms with Gasteiger partial charge in [-0.25, -0.2) is 4.90 Å². The van der Waals surface area contributed by atoms with Crippen molar-refractivity contribution in [2.45, 2.75) is 31.3 Å². The van der Waals surface area contributed by atoms with Gasteiger partial charge in [0.1, 0.15) is 5.54 Å². The highest BCUT2D eigenvalue weighted by Crippen LogP contribution is 2.61. The highest BCUT2D eigenvalue weighted by atomic mass is 35.5. The number of aryl methyl sites for hydroxylation is 1. The predicted octanol–water partition coefficient (Wildman–Crippen LogP) is 3.73. The van der Waals surface area contributed by atoms with E-state index in [1.54, 1.807) is 30.3 Å². The number of benzene rings is 2. The quantitative estimate of drug-likeness (QED) is 0.665. The Morgan fingerprint density at radius 2 is 1.90 bits per heavy atom. The summed E-state index contributed by atoms with van der Waals surface area (Å²) in [6.07, 6.45) is 1.64. The Morgan fingerprint density at radius 3 is 2.68 bits per heavy atom. The smallest absolute Gasteiger partial charge is 0.250 e. The Kier molecular flexibility index (Phi) is 3.93. The van der Waals surface area contributed by atoms with Gasteiger partial charge in [0.2, 0.25) is 11.8 Å². The van der Waals surface area contributed by atoms with Gasteiger partial charge in [0, 0.05) is 16.6 Å². The molecule has 31 heavy (non-hydrogen) atoms. The van der Waals surface area contributed by atoms with E-state index in [0.29, 0.717) is 33.5 Å². The molecule has 0 aliphatic carbocycles. The largest absolute Gasteiger partial charge is 0.323 e. The number of anilines is 2. The molecular weight excluding hydrogens is 437 g/mol. The van der Waals surface area contributed by atoms with Gasteiger partial charge in [-0.1, -0.05) is 35.3 Å². The normalized spacial score (nSPS) is 31.4. The van der Waals surface area contributed by atoms with Gasteiger partial charge in [-0.05, 0) is 56.1 Å². The molecule has 4 aliphatic heterocycles. The Bertz CT molecular complexity index is 1200. The minimum absolute atomic E-state index is 0.165. The number of nitrogens with one attached hydrogen (secondary N) is 1. The molecule has 3 amide bonds. The number of imide groups is 1. The third kappa shape index (κ3) is 2.25. The zero-order chi connectivity index (χ0) is 21.7. The summed E-state index contributed by atoms with van der Waals surface area (Å²) in [4.78, 5) is 44.4. The maximum absolute atomic E-state index is 13.8. The van der Waals surface area contributed by atoms with Crippen molar-refractivity contribution in [1.29, 1.82) is 0 Å². The third-order valence-electron chi connectivity index (χ3n) is 7.26. The van der Waals surface area contributed by atoms with Crippen molar-refractivity contribution in [2.24, 2.45) is 11.8 Å². The molecule has 4 unspecified atom stereocenters. The van der Waals surface area contributed by atoms with E-state index in [1.165, 1.54) is 4.90 Å². The number of amides is 3. The van der Waals surface area contributed by atoms with Crippen LogP contribution in [0, 0.1) is 18.8 Å². The minimum atomic E-state index is -1.23. The second-order valence-electron chi connectivity index (χ2n) is 8.79. The number of hydrogen-bond donors (Lipinski definition) is 1. The van der Waals surface area contributed by atoms with Gasteiger partial charge in [0.25, 0.3) is 5.91 Å². The van der Waals surface area contributed by atoms with E-state index in [0.717, 1.165) is 18.4 Å². The van der Waals surface area contributed by atoms with Crippen LogP contribution >= 0.6 is 23.2 Å². The highest BCUT2D eigenvalue weighted by Gasteiger charge is 2.74. The molecule has 4 atom stereocenters. The third-order valence-corrected chi connectivity index (χ3v) is 7.80. The van der Waals surface area contributed by atoms with Crippen molar-refractivity contribution in [2.75, 3.05) is 16.8 Å². The summed E-state index contributed by atoms with van der Waals surface area (Å²) in [6, 6.07) is 10.3. The van der Waals surface area contributed by atoms with Crippen LogP contribution in [0.1, 0.15) is 24.0 Å². The van der Waals surface area contributed by atoms with Crippen LogP contribution < -0.4 is 10.2 Å². The monoisotopic (exact) mass is 455 g/mol. The van der Waals surface area contributed by atoms with Crippen LogP contribution in [-0.2, 0) is 19.9 Å². The van der Waals surface area contributed by atoms with E-state index in [4.69, 9.17) is 23.2 Å². The van der Waals surface area contributed by atoms with Gasteiger partial charge in [0.15, 0.2) is 0 Å². The second-order valence-corrected chi connectivity index (χ2v) is 9.63. The first-order valence-corrected chi connectivity index (χ1v) is 11.1. The zero-order valence-corrected chi connectivity index (χ0v) is 18.2. The summed E-state index contributed by atoms with van der Waals surface area (Å²) in [6.45, 7) is 2.57. The summed E-state index contributed by atoms with van der Waals surface area (Å²) in [5.41, 5.74) is 1.37. The van der Waals surface area contributed by atoms with Crippen molar-refractivity contribution in [3.8, 4) is 0 Å². The molecule has 3 fully saturated rings. The zero-order valence-electron chi connectivity index (χ0n) is 16.7. The lowest BCUT2D eigenvalue weighted by Crippen LogP contribution is -2.54. The van der Waals surface area contributed by atoms with Gasteiger partial charge in [-0.3, -0.25) is 19.3 Å². The van der Waals surface area contributed by atoms with E-state index in [1.807, 2.05) is 13.0 Å². The van der Waals surface area contributed by atoms with Gasteiger partial charge in [-0.15, -0.1) is 0 Å². The van der Waals surface area contributed by atoms with Crippen molar-refractivity contribution in [3.63, 3.8) is 0 Å². The molecule has 1 N–H and O–H groups in total. The van der Waals surface area contributed by atoms with Crippen LogP contribution in [0.3, 0.4) is 0 Å². The molecule has 0 bridgehead atoms. The summed E-state index contributed by atoms with van der Waals surface area (Å²) in [7, 11) is 0. The first-order chi connectivity index (χ1) is 14.9. The number of hydrogen-bond acceptors (Lipinski definition) is 4. The van der Waals surface area contributed by atoms with Gasteiger partial charge < -0.3 is 5.32 Å². The van der Waals surface area contributed by atoms with Crippen molar-refractivity contribution in [1.82, 2.24) is 4.90 Å². The van der Waals surface area contributed by atoms with E-state index < -0.39 is 17.4 Å². The van der Waals surface area contributed by atoms with E-state index in [9.17, 15) is 14.4 Å². The molecule has 0 aromatic heterocycles. The lowest BCUT2D eigenvalue weighted by atomic mass is 9.75. The van der Waals surface area contributed by atoms with Crippen LogP contribution in [0.2, 0.25) is 10.0 Å². The van der Waals surface area contributed by atoms with E-state index >= 15 is 0 Å². The fourth-order valence-corrected chi connectivity index (χ4v) is 6.77. The van der Waals surface area contributed by atoms with Crippen LogP contribution in [0.15, 0.2) is 36.4 Å². The minimum Gasteiger partial charge on any atom is -0.323 e. The fourth-order valence-electron chi connectivity index (χ4n) is 6.27. The Labute approximate surface area is 189 Å². The van der Waals surface area contributed by atoms with Crippen molar-refractivity contribution < 1.29 is 14.4 Å². The maximum atomic E-state index is 13.8. The second kappa shape index (κ2) is 6.31. The standard InChI is InChI=1S/C23H19Cl2N3O3/c1-11-8-14-19(15(25)9-11)26-22(31)23(14)18-17(16-6-3-7-27(16)23)20(29)28(21(18)30)13-5-2-4-12(24)10-13/h2,4-5,8-10,16-18H,3,6-7H2,1H3,(H,26,31). The molecule has 4 heterocycles. The van der Waals surface area contributed by atoms with E-state index in [-0.39, 0.29) is 23.8 Å². The van der Waals surface area contributed by atoms with E-state index in [2.05, 4.69) is 10.2 Å². The first kappa shape index (κ1) is 19.3. The fraction of sp³-hybridized carbons (Fsp3) is 0.348. The summed E-state index contributed by atoms with van der Waals surface area (Å²) in [5, 5.41) is 3.82. The number of fused-ring (bicyclic) bond motifs is 7.